The third kappa shape index (κ3) is 4.87. The predicted molar refractivity (Wildman–Crippen MR) is 128 cm³/mol. The van der Waals surface area contributed by atoms with Crippen LogP contribution in [0.15, 0.2) is 30.6 Å². The van der Waals surface area contributed by atoms with Gasteiger partial charge < -0.3 is 16.0 Å². The number of carbonyl (C=O) groups is 2. The van der Waals surface area contributed by atoms with Gasteiger partial charge in [0, 0.05) is 36.4 Å². The van der Waals surface area contributed by atoms with Crippen LogP contribution >= 0.6 is 0 Å². The molecule has 3 heterocycles. The molecule has 1 aliphatic heterocycles. The maximum Gasteiger partial charge on any atom is 0.418 e. The molecule has 208 valence electrons. The van der Waals surface area contributed by atoms with E-state index >= 15 is 0 Å². The second-order valence-electron chi connectivity index (χ2n) is 9.87. The molecule has 5 rings (SSSR count). The monoisotopic (exact) mass is 554 g/mol. The van der Waals surface area contributed by atoms with Crippen molar-refractivity contribution in [1.29, 1.82) is 0 Å². The van der Waals surface area contributed by atoms with Gasteiger partial charge in [-0.3, -0.25) is 9.59 Å². The van der Waals surface area contributed by atoms with Crippen molar-refractivity contribution in [3.63, 3.8) is 0 Å². The lowest BCUT2D eigenvalue weighted by atomic mass is 9.80. The highest BCUT2D eigenvalue weighted by Crippen LogP contribution is 2.43. The average Bonchev–Trinajstić information content (AvgIpc) is 3.43. The number of hydrogen-bond acceptors (Lipinski definition) is 5. The van der Waals surface area contributed by atoms with Gasteiger partial charge in [0.25, 0.3) is 5.91 Å². The molecule has 1 saturated heterocycles. The maximum absolute atomic E-state index is 14.8. The number of carbonyl (C=O) groups excluding carboxylic acids is 2. The van der Waals surface area contributed by atoms with E-state index in [4.69, 9.17) is 5.73 Å². The Labute approximate surface area is 218 Å². The minimum Gasteiger partial charge on any atom is -0.382 e. The summed E-state index contributed by atoms with van der Waals surface area (Å²) in [5, 5.41) is 6.48. The minimum absolute atomic E-state index is 0.0152. The zero-order chi connectivity index (χ0) is 28.3. The molecule has 3 N–H and O–H groups in total. The highest BCUT2D eigenvalue weighted by molar-refractivity contribution is 5.97. The average molecular weight is 554 g/mol. The summed E-state index contributed by atoms with van der Waals surface area (Å²) < 4.78 is 83.3. The summed E-state index contributed by atoms with van der Waals surface area (Å²) in [4.78, 5) is 30.5. The molecule has 1 aromatic carbocycles. The Bertz CT molecular complexity index is 1450. The third-order valence-corrected chi connectivity index (χ3v) is 7.24. The molecule has 0 unspecified atom stereocenters. The Morgan fingerprint density at radius 3 is 2.54 bits per heavy atom. The van der Waals surface area contributed by atoms with E-state index in [0.29, 0.717) is 12.0 Å². The fourth-order valence-electron chi connectivity index (χ4n) is 5.17. The number of likely N-dealkylation sites (tertiary alicyclic amines) is 1. The summed E-state index contributed by atoms with van der Waals surface area (Å²) in [7, 11) is 0. The van der Waals surface area contributed by atoms with Crippen molar-refractivity contribution in [2.75, 3.05) is 18.8 Å². The molecular weight excluding hydrogens is 530 g/mol. The smallest absolute Gasteiger partial charge is 0.382 e. The number of anilines is 1. The first-order valence-electron chi connectivity index (χ1n) is 12.2. The summed E-state index contributed by atoms with van der Waals surface area (Å²) in [6.45, 7) is 1.27. The van der Waals surface area contributed by atoms with Gasteiger partial charge in [0.2, 0.25) is 11.8 Å². The van der Waals surface area contributed by atoms with Crippen molar-refractivity contribution >= 4 is 23.1 Å². The highest BCUT2D eigenvalue weighted by atomic mass is 19.4. The van der Waals surface area contributed by atoms with Crippen LogP contribution in [0.1, 0.15) is 41.3 Å². The first-order valence-corrected chi connectivity index (χ1v) is 12.2. The largest absolute Gasteiger partial charge is 0.418 e. The number of nitrogen functional groups attached to an aromatic ring is 1. The van der Waals surface area contributed by atoms with E-state index in [1.54, 1.807) is 13.0 Å². The number of hydrogen-bond donors (Lipinski definition) is 2. The molecule has 14 heteroatoms. The van der Waals surface area contributed by atoms with Gasteiger partial charge >= 0.3 is 6.18 Å². The quantitative estimate of drug-likeness (QED) is 0.466. The topological polar surface area (TPSA) is 106 Å². The lowest BCUT2D eigenvalue weighted by Crippen LogP contribution is -2.47. The fourth-order valence-corrected chi connectivity index (χ4v) is 5.17. The van der Waals surface area contributed by atoms with Crippen molar-refractivity contribution in [3.05, 3.63) is 47.3 Å². The fraction of sp³-hybridized carbons (Fsp3) is 0.440. The zero-order valence-corrected chi connectivity index (χ0v) is 20.6. The van der Waals surface area contributed by atoms with Crippen molar-refractivity contribution in [2.24, 2.45) is 5.92 Å². The first-order chi connectivity index (χ1) is 18.3. The van der Waals surface area contributed by atoms with E-state index in [1.165, 1.54) is 12.1 Å². The molecule has 1 aliphatic carbocycles. The number of fused-ring (bicyclic) bond motifs is 1. The molecule has 2 amide bonds. The first kappa shape index (κ1) is 26.8. The Balaban J connectivity index is 1.41. The Morgan fingerprint density at radius 2 is 1.90 bits per heavy atom. The lowest BCUT2D eigenvalue weighted by molar-refractivity contribution is -0.159. The second-order valence-corrected chi connectivity index (χ2v) is 9.87. The molecule has 0 bridgehead atoms. The number of amides is 2. The molecule has 8 nitrogen and oxygen atoms in total. The van der Waals surface area contributed by atoms with Crippen molar-refractivity contribution in [3.8, 4) is 11.3 Å². The molecule has 39 heavy (non-hydrogen) atoms. The van der Waals surface area contributed by atoms with Crippen LogP contribution in [0.2, 0.25) is 0 Å². The summed E-state index contributed by atoms with van der Waals surface area (Å²) in [5.74, 6) is -5.39. The van der Waals surface area contributed by atoms with Crippen LogP contribution in [-0.4, -0.2) is 62.5 Å². The number of nitrogens with one attached hydrogen (secondary N) is 1. The van der Waals surface area contributed by atoms with E-state index in [2.05, 4.69) is 15.4 Å². The summed E-state index contributed by atoms with van der Waals surface area (Å²) in [5.41, 5.74) is 5.16. The van der Waals surface area contributed by atoms with Gasteiger partial charge in [0.05, 0.1) is 23.8 Å². The minimum atomic E-state index is -4.75. The molecule has 0 spiro atoms. The van der Waals surface area contributed by atoms with Gasteiger partial charge in [0.1, 0.15) is 18.0 Å². The van der Waals surface area contributed by atoms with E-state index in [-0.39, 0.29) is 35.7 Å². The van der Waals surface area contributed by atoms with Gasteiger partial charge in [-0.05, 0) is 24.1 Å². The van der Waals surface area contributed by atoms with Crippen LogP contribution in [0, 0.1) is 5.92 Å². The summed E-state index contributed by atoms with van der Waals surface area (Å²) >= 11 is 0. The third-order valence-electron chi connectivity index (χ3n) is 7.24. The molecule has 3 aromatic rings. The van der Waals surface area contributed by atoms with Crippen molar-refractivity contribution in [1.82, 2.24) is 24.8 Å². The molecule has 2 fully saturated rings. The zero-order valence-electron chi connectivity index (χ0n) is 20.6. The van der Waals surface area contributed by atoms with Crippen LogP contribution in [0.3, 0.4) is 0 Å². The predicted octanol–water partition coefficient (Wildman–Crippen LogP) is 3.88. The SMILES string of the molecule is CCc1ccc(-c2cc(C(F)(F)F)c3c(N)ncnn23)cc1C(=O)N[C@@H]1CN(C(=O)C2CC(F)(F)C2)C[C@@H]1F. The number of aromatic nitrogens is 3. The standard InChI is InChI=1S/C25H24F6N6O2/c1-2-12-3-4-13(19-6-16(25(29,30)31)20-21(32)33-11-34-37(19)20)5-15(12)22(38)35-18-10-36(9-17(18)26)23(39)14-7-24(27,28)8-14/h3-6,11,14,17-18H,2,7-10H2,1H3,(H,35,38)(H2,32,33,34)/t17-,18+/m0/s1. The van der Waals surface area contributed by atoms with E-state index in [0.717, 1.165) is 21.8 Å². The van der Waals surface area contributed by atoms with Gasteiger partial charge in [0.15, 0.2) is 5.82 Å². The van der Waals surface area contributed by atoms with Crippen LogP contribution in [0.4, 0.5) is 32.2 Å². The summed E-state index contributed by atoms with van der Waals surface area (Å²) in [6.07, 6.45) is -6.11. The maximum atomic E-state index is 14.8. The van der Waals surface area contributed by atoms with Crippen molar-refractivity contribution in [2.45, 2.75) is 50.5 Å². The second kappa shape index (κ2) is 9.42. The molecule has 0 radical (unpaired) electrons. The summed E-state index contributed by atoms with van der Waals surface area (Å²) in [6, 6.07) is 4.29. The number of alkyl halides is 6. The van der Waals surface area contributed by atoms with Crippen LogP contribution in [-0.2, 0) is 17.4 Å². The van der Waals surface area contributed by atoms with Gasteiger partial charge in [-0.2, -0.15) is 18.3 Å². The van der Waals surface area contributed by atoms with Gasteiger partial charge in [-0.1, -0.05) is 19.1 Å². The Morgan fingerprint density at radius 1 is 1.18 bits per heavy atom. The van der Waals surface area contributed by atoms with Crippen LogP contribution in [0.5, 0.6) is 0 Å². The Kier molecular flexibility index (Phi) is 6.46. The normalized spacial score (nSPS) is 21.3. The Hall–Kier alpha value is -3.84. The van der Waals surface area contributed by atoms with Crippen LogP contribution < -0.4 is 11.1 Å². The molecular formula is C25H24F6N6O2. The van der Waals surface area contributed by atoms with E-state index in [1.807, 2.05) is 0 Å². The molecule has 2 aromatic heterocycles. The van der Waals surface area contributed by atoms with Gasteiger partial charge in [-0.25, -0.2) is 22.7 Å². The van der Waals surface area contributed by atoms with Crippen molar-refractivity contribution < 1.29 is 35.9 Å². The van der Waals surface area contributed by atoms with E-state index < -0.39 is 66.0 Å². The molecule has 1 saturated carbocycles. The van der Waals surface area contributed by atoms with Crippen LogP contribution in [0.25, 0.3) is 16.8 Å². The molecule has 2 atom stereocenters. The number of nitrogens with zero attached hydrogens (tertiary/aromatic N) is 4. The number of benzene rings is 1. The number of halogens is 6. The van der Waals surface area contributed by atoms with Gasteiger partial charge in [-0.15, -0.1) is 0 Å². The van der Waals surface area contributed by atoms with E-state index in [9.17, 15) is 35.9 Å². The lowest BCUT2D eigenvalue weighted by Gasteiger charge is -2.36. The number of aryl methyl sites for hydroxylation is 1. The molecule has 2 aliphatic rings. The highest BCUT2D eigenvalue weighted by Gasteiger charge is 2.51. The number of rotatable bonds is 5. The number of nitrogens with two attached hydrogens (primary N) is 1.